The molecule has 1 aromatic rings. The van der Waals surface area contributed by atoms with Gasteiger partial charge in [-0.25, -0.2) is 0 Å². The van der Waals surface area contributed by atoms with Gasteiger partial charge in [-0.1, -0.05) is 18.5 Å². The highest BCUT2D eigenvalue weighted by atomic mass is 35.5. The molecule has 0 bridgehead atoms. The average molecular weight is 315 g/mol. The average Bonchev–Trinajstić information content (AvgIpc) is 2.91. The molecule has 1 saturated heterocycles. The van der Waals surface area contributed by atoms with Crippen LogP contribution in [0.3, 0.4) is 0 Å². The summed E-state index contributed by atoms with van der Waals surface area (Å²) in [5.74, 6) is 0.659. The third-order valence-electron chi connectivity index (χ3n) is 3.02. The van der Waals surface area contributed by atoms with E-state index in [-0.39, 0.29) is 23.3 Å². The molecular formula is C13H15ClN2O3S. The first-order valence-electron chi connectivity index (χ1n) is 6.19. The topological polar surface area (TPSA) is 69.6 Å². The van der Waals surface area contributed by atoms with Gasteiger partial charge in [0.2, 0.25) is 11.8 Å². The van der Waals surface area contributed by atoms with Gasteiger partial charge in [-0.2, -0.15) is 0 Å². The van der Waals surface area contributed by atoms with Gasteiger partial charge in [0.05, 0.1) is 11.6 Å². The van der Waals surface area contributed by atoms with Crippen molar-refractivity contribution >= 4 is 40.9 Å². The third kappa shape index (κ3) is 3.19. The van der Waals surface area contributed by atoms with E-state index in [9.17, 15) is 14.7 Å². The van der Waals surface area contributed by atoms with Crippen molar-refractivity contribution in [2.24, 2.45) is 0 Å². The van der Waals surface area contributed by atoms with Crippen molar-refractivity contribution < 1.29 is 14.7 Å². The molecule has 0 aliphatic carbocycles. The van der Waals surface area contributed by atoms with Crippen molar-refractivity contribution in [3.63, 3.8) is 0 Å². The SMILES string of the molecule is CCC(=O)N1CSC[C@@H]1C(=O)Nc1cc(Cl)ccc1O. The number of phenols is 1. The van der Waals surface area contributed by atoms with Crippen LogP contribution >= 0.6 is 23.4 Å². The summed E-state index contributed by atoms with van der Waals surface area (Å²) in [4.78, 5) is 25.6. The third-order valence-corrected chi connectivity index (χ3v) is 4.27. The zero-order chi connectivity index (χ0) is 14.7. The fourth-order valence-electron chi connectivity index (χ4n) is 1.93. The van der Waals surface area contributed by atoms with E-state index in [4.69, 9.17) is 11.6 Å². The van der Waals surface area contributed by atoms with E-state index in [1.165, 1.54) is 30.0 Å². The standard InChI is InChI=1S/C13H15ClN2O3S/c1-2-12(18)16-7-20-6-10(16)13(19)15-9-5-8(14)3-4-11(9)17/h3-5,10,17H,2,6-7H2,1H3,(H,15,19)/t10-/m1/s1. The second-order valence-corrected chi connectivity index (χ2v) is 5.82. The van der Waals surface area contributed by atoms with Crippen LogP contribution in [0.25, 0.3) is 0 Å². The van der Waals surface area contributed by atoms with Crippen molar-refractivity contribution in [1.29, 1.82) is 0 Å². The number of halogens is 1. The molecule has 0 unspecified atom stereocenters. The molecule has 108 valence electrons. The molecule has 0 saturated carbocycles. The first-order valence-corrected chi connectivity index (χ1v) is 7.72. The second kappa shape index (κ2) is 6.37. The second-order valence-electron chi connectivity index (χ2n) is 4.38. The fraction of sp³-hybridized carbons (Fsp3) is 0.385. The summed E-state index contributed by atoms with van der Waals surface area (Å²) in [6, 6.07) is 3.91. The Labute approximate surface area is 126 Å². The minimum atomic E-state index is -0.508. The molecule has 0 aromatic heterocycles. The summed E-state index contributed by atoms with van der Waals surface area (Å²) in [6.45, 7) is 1.77. The Hall–Kier alpha value is -1.40. The smallest absolute Gasteiger partial charge is 0.248 e. The Kier molecular flexibility index (Phi) is 4.77. The molecule has 1 atom stereocenters. The minimum Gasteiger partial charge on any atom is -0.506 e. The molecule has 5 nitrogen and oxygen atoms in total. The zero-order valence-corrected chi connectivity index (χ0v) is 12.5. The largest absolute Gasteiger partial charge is 0.506 e. The number of nitrogens with one attached hydrogen (secondary N) is 1. The summed E-state index contributed by atoms with van der Waals surface area (Å²) < 4.78 is 0. The number of aromatic hydroxyl groups is 1. The van der Waals surface area contributed by atoms with Crippen molar-refractivity contribution in [2.45, 2.75) is 19.4 Å². The Balaban J connectivity index is 2.11. The fourth-order valence-corrected chi connectivity index (χ4v) is 3.29. The summed E-state index contributed by atoms with van der Waals surface area (Å²) in [5, 5.41) is 12.7. The maximum atomic E-state index is 12.2. The van der Waals surface area contributed by atoms with E-state index in [0.29, 0.717) is 23.1 Å². The van der Waals surface area contributed by atoms with Gasteiger partial charge in [0.1, 0.15) is 11.8 Å². The summed E-state index contributed by atoms with van der Waals surface area (Å²) in [7, 11) is 0. The van der Waals surface area contributed by atoms with Gasteiger partial charge in [-0.3, -0.25) is 9.59 Å². The van der Waals surface area contributed by atoms with Crippen LogP contribution in [0, 0.1) is 0 Å². The van der Waals surface area contributed by atoms with E-state index in [1.54, 1.807) is 11.8 Å². The molecule has 1 aliphatic rings. The van der Waals surface area contributed by atoms with Crippen LogP contribution in [-0.2, 0) is 9.59 Å². The summed E-state index contributed by atoms with van der Waals surface area (Å²) in [5.41, 5.74) is 0.253. The zero-order valence-electron chi connectivity index (χ0n) is 10.9. The number of carbonyl (C=O) groups excluding carboxylic acids is 2. The molecule has 0 spiro atoms. The number of anilines is 1. The summed E-state index contributed by atoms with van der Waals surface area (Å²) >= 11 is 7.37. The quantitative estimate of drug-likeness (QED) is 0.840. The van der Waals surface area contributed by atoms with Crippen molar-refractivity contribution in [2.75, 3.05) is 16.9 Å². The monoisotopic (exact) mass is 314 g/mol. The number of benzene rings is 1. The number of hydrogen-bond donors (Lipinski definition) is 2. The van der Waals surface area contributed by atoms with Gasteiger partial charge in [0.25, 0.3) is 0 Å². The molecule has 1 fully saturated rings. The molecule has 20 heavy (non-hydrogen) atoms. The number of hydrogen-bond acceptors (Lipinski definition) is 4. The molecule has 1 heterocycles. The van der Waals surface area contributed by atoms with Crippen LogP contribution in [0.5, 0.6) is 5.75 Å². The first-order chi connectivity index (χ1) is 9.52. The number of carbonyl (C=O) groups is 2. The lowest BCUT2D eigenvalue weighted by atomic mass is 10.2. The molecule has 0 radical (unpaired) electrons. The molecule has 2 amide bonds. The van der Waals surface area contributed by atoms with Gasteiger partial charge >= 0.3 is 0 Å². The van der Waals surface area contributed by atoms with Crippen LogP contribution in [0.15, 0.2) is 18.2 Å². The van der Waals surface area contributed by atoms with Crippen molar-refractivity contribution in [3.05, 3.63) is 23.2 Å². The number of nitrogens with zero attached hydrogens (tertiary/aromatic N) is 1. The Bertz CT molecular complexity index is 538. The van der Waals surface area contributed by atoms with E-state index in [1.807, 2.05) is 0 Å². The number of amides is 2. The van der Waals surface area contributed by atoms with Crippen LogP contribution in [-0.4, -0.2) is 39.5 Å². The minimum absolute atomic E-state index is 0.0505. The van der Waals surface area contributed by atoms with E-state index in [2.05, 4.69) is 5.32 Å². The van der Waals surface area contributed by atoms with Crippen molar-refractivity contribution in [3.8, 4) is 5.75 Å². The van der Waals surface area contributed by atoms with E-state index < -0.39 is 6.04 Å². The normalized spacial score (nSPS) is 18.1. The predicted octanol–water partition coefficient (Wildman–Crippen LogP) is 2.30. The highest BCUT2D eigenvalue weighted by molar-refractivity contribution is 7.99. The van der Waals surface area contributed by atoms with Gasteiger partial charge < -0.3 is 15.3 Å². The highest BCUT2D eigenvalue weighted by Crippen LogP contribution is 2.28. The molecule has 7 heteroatoms. The lowest BCUT2D eigenvalue weighted by molar-refractivity contribution is -0.135. The maximum absolute atomic E-state index is 12.2. The van der Waals surface area contributed by atoms with Gasteiger partial charge in [0, 0.05) is 17.2 Å². The maximum Gasteiger partial charge on any atom is 0.248 e. The van der Waals surface area contributed by atoms with Gasteiger partial charge in [0.15, 0.2) is 0 Å². The lowest BCUT2D eigenvalue weighted by Crippen LogP contribution is -2.44. The molecule has 1 aromatic carbocycles. The lowest BCUT2D eigenvalue weighted by Gasteiger charge is -2.22. The molecule has 2 rings (SSSR count). The summed E-state index contributed by atoms with van der Waals surface area (Å²) in [6.07, 6.45) is 0.368. The first kappa shape index (κ1) is 15.0. The number of rotatable bonds is 3. The Morgan fingerprint density at radius 2 is 2.30 bits per heavy atom. The Morgan fingerprint density at radius 3 is 3.00 bits per heavy atom. The van der Waals surface area contributed by atoms with Gasteiger partial charge in [-0.15, -0.1) is 11.8 Å². The van der Waals surface area contributed by atoms with Crippen molar-refractivity contribution in [1.82, 2.24) is 4.90 Å². The van der Waals surface area contributed by atoms with E-state index >= 15 is 0 Å². The highest BCUT2D eigenvalue weighted by Gasteiger charge is 2.34. The number of phenolic OH excluding ortho intramolecular Hbond substituents is 1. The number of thioether (sulfide) groups is 1. The van der Waals surface area contributed by atoms with Crippen LogP contribution in [0.1, 0.15) is 13.3 Å². The Morgan fingerprint density at radius 1 is 1.55 bits per heavy atom. The predicted molar refractivity (Wildman–Crippen MR) is 80.0 cm³/mol. The molecule has 2 N–H and O–H groups in total. The van der Waals surface area contributed by atoms with Crippen LogP contribution in [0.2, 0.25) is 5.02 Å². The van der Waals surface area contributed by atoms with Gasteiger partial charge in [-0.05, 0) is 18.2 Å². The van der Waals surface area contributed by atoms with E-state index in [0.717, 1.165) is 0 Å². The molecule has 1 aliphatic heterocycles. The van der Waals surface area contributed by atoms with Crippen LogP contribution in [0.4, 0.5) is 5.69 Å². The van der Waals surface area contributed by atoms with Crippen LogP contribution < -0.4 is 5.32 Å². The molecular weight excluding hydrogens is 300 g/mol.